The molecule has 0 spiro atoms. The van der Waals surface area contributed by atoms with Crippen molar-refractivity contribution >= 4 is 5.97 Å². The zero-order chi connectivity index (χ0) is 13.2. The Morgan fingerprint density at radius 3 is 2.41 bits per heavy atom. The molecule has 0 aliphatic rings. The van der Waals surface area contributed by atoms with E-state index in [9.17, 15) is 18.0 Å². The van der Waals surface area contributed by atoms with Gasteiger partial charge in [0, 0.05) is 6.54 Å². The number of rotatable bonds is 2. The van der Waals surface area contributed by atoms with Gasteiger partial charge in [0.25, 0.3) is 0 Å². The Kier molecular flexibility index (Phi) is 3.39. The average Bonchev–Trinajstić information content (AvgIpc) is 2.25. The van der Waals surface area contributed by atoms with Crippen LogP contribution in [0.2, 0.25) is 0 Å². The van der Waals surface area contributed by atoms with Crippen LogP contribution in [0, 0.1) is 11.3 Å². The quantitative estimate of drug-likeness (QED) is 0.829. The van der Waals surface area contributed by atoms with E-state index >= 15 is 0 Å². The van der Waals surface area contributed by atoms with Crippen LogP contribution in [-0.2, 0) is 12.7 Å². The van der Waals surface area contributed by atoms with E-state index in [1.165, 1.54) is 0 Å². The molecule has 0 radical (unpaired) electrons. The van der Waals surface area contributed by atoms with Gasteiger partial charge in [-0.3, -0.25) is 0 Å². The van der Waals surface area contributed by atoms with E-state index in [4.69, 9.17) is 16.1 Å². The molecule has 1 rings (SSSR count). The molecule has 3 N–H and O–H groups in total. The third-order valence-electron chi connectivity index (χ3n) is 2.12. The number of hydrogen-bond donors (Lipinski definition) is 2. The lowest BCUT2D eigenvalue weighted by Gasteiger charge is -2.12. The van der Waals surface area contributed by atoms with Crippen LogP contribution in [0.4, 0.5) is 13.2 Å². The number of alkyl halides is 3. The molecule has 0 unspecified atom stereocenters. The molecule has 4 nitrogen and oxygen atoms in total. The van der Waals surface area contributed by atoms with Crippen LogP contribution in [0.15, 0.2) is 12.1 Å². The van der Waals surface area contributed by atoms with Gasteiger partial charge in [0.15, 0.2) is 0 Å². The van der Waals surface area contributed by atoms with Gasteiger partial charge < -0.3 is 10.8 Å². The van der Waals surface area contributed by atoms with Gasteiger partial charge in [-0.15, -0.1) is 0 Å². The fraction of sp³-hybridized carbons (Fsp3) is 0.200. The van der Waals surface area contributed by atoms with Crippen LogP contribution in [0.1, 0.15) is 27.0 Å². The maximum Gasteiger partial charge on any atom is 0.417 e. The van der Waals surface area contributed by atoms with Crippen molar-refractivity contribution in [1.29, 1.82) is 5.26 Å². The van der Waals surface area contributed by atoms with Gasteiger partial charge in [0.05, 0.1) is 22.8 Å². The second-order valence-electron chi connectivity index (χ2n) is 3.17. The standard InChI is InChI=1S/C10H7F3N2O2/c11-10(12,13)8-2-6(4-15)5(3-14)1-7(8)9(16)17/h1-2H,3,14H2,(H,16,17). The topological polar surface area (TPSA) is 87.1 Å². The molecule has 17 heavy (non-hydrogen) atoms. The third kappa shape index (κ3) is 2.54. The zero-order valence-corrected chi connectivity index (χ0v) is 8.38. The summed E-state index contributed by atoms with van der Waals surface area (Å²) >= 11 is 0. The first-order chi connectivity index (χ1) is 7.81. The van der Waals surface area contributed by atoms with E-state index in [0.717, 1.165) is 6.07 Å². The van der Waals surface area contributed by atoms with Crippen molar-refractivity contribution in [1.82, 2.24) is 0 Å². The summed E-state index contributed by atoms with van der Waals surface area (Å²) in [4.78, 5) is 10.7. The van der Waals surface area contributed by atoms with Crippen LogP contribution in [0.3, 0.4) is 0 Å². The molecule has 90 valence electrons. The van der Waals surface area contributed by atoms with Crippen LogP contribution in [-0.4, -0.2) is 11.1 Å². The maximum absolute atomic E-state index is 12.6. The smallest absolute Gasteiger partial charge is 0.417 e. The molecule has 0 saturated carbocycles. The van der Waals surface area contributed by atoms with Crippen molar-refractivity contribution < 1.29 is 23.1 Å². The average molecular weight is 244 g/mol. The maximum atomic E-state index is 12.6. The summed E-state index contributed by atoms with van der Waals surface area (Å²) in [5.41, 5.74) is 2.77. The molecule has 0 atom stereocenters. The van der Waals surface area contributed by atoms with Crippen molar-refractivity contribution in [3.63, 3.8) is 0 Å². The van der Waals surface area contributed by atoms with Crippen molar-refractivity contribution in [3.8, 4) is 6.07 Å². The molecule has 0 bridgehead atoms. The molecule has 0 heterocycles. The molecule has 0 aliphatic carbocycles. The van der Waals surface area contributed by atoms with Gasteiger partial charge >= 0.3 is 12.1 Å². The van der Waals surface area contributed by atoms with E-state index in [1.54, 1.807) is 6.07 Å². The van der Waals surface area contributed by atoms with Gasteiger partial charge in [-0.1, -0.05) is 0 Å². The van der Waals surface area contributed by atoms with E-state index in [-0.39, 0.29) is 17.7 Å². The Morgan fingerprint density at radius 1 is 1.47 bits per heavy atom. The third-order valence-corrected chi connectivity index (χ3v) is 2.12. The number of carboxylic acids is 1. The molecular weight excluding hydrogens is 237 g/mol. The van der Waals surface area contributed by atoms with Crippen LogP contribution < -0.4 is 5.73 Å². The Morgan fingerprint density at radius 2 is 2.06 bits per heavy atom. The van der Waals surface area contributed by atoms with E-state index in [0.29, 0.717) is 6.07 Å². The molecular formula is C10H7F3N2O2. The number of carboxylic acid groups (broad SMARTS) is 1. The van der Waals surface area contributed by atoms with E-state index in [1.807, 2.05) is 0 Å². The highest BCUT2D eigenvalue weighted by Gasteiger charge is 2.36. The lowest BCUT2D eigenvalue weighted by molar-refractivity contribution is -0.138. The molecule has 1 aromatic rings. The molecule has 0 amide bonds. The number of hydrogen-bond acceptors (Lipinski definition) is 3. The van der Waals surface area contributed by atoms with Crippen LogP contribution >= 0.6 is 0 Å². The Bertz CT molecular complexity index is 503. The van der Waals surface area contributed by atoms with Crippen molar-refractivity contribution in [2.45, 2.75) is 12.7 Å². The highest BCUT2D eigenvalue weighted by atomic mass is 19.4. The molecule has 7 heteroatoms. The minimum atomic E-state index is -4.83. The van der Waals surface area contributed by atoms with Crippen LogP contribution in [0.5, 0.6) is 0 Å². The number of aromatic carboxylic acids is 1. The van der Waals surface area contributed by atoms with E-state index < -0.39 is 23.3 Å². The summed E-state index contributed by atoms with van der Waals surface area (Å²) in [6.45, 7) is -0.207. The molecule has 0 fully saturated rings. The Balaban J connectivity index is 3.59. The summed E-state index contributed by atoms with van der Waals surface area (Å²) in [6.07, 6.45) is -4.83. The fourth-order valence-electron chi connectivity index (χ4n) is 1.33. The summed E-state index contributed by atoms with van der Waals surface area (Å²) in [5.74, 6) is -1.71. The summed E-state index contributed by atoms with van der Waals surface area (Å²) in [5, 5.41) is 17.3. The molecule has 0 saturated heterocycles. The number of nitrogens with zero attached hydrogens (tertiary/aromatic N) is 1. The lowest BCUT2D eigenvalue weighted by Crippen LogP contribution is -2.15. The largest absolute Gasteiger partial charge is 0.478 e. The highest BCUT2D eigenvalue weighted by molar-refractivity contribution is 5.90. The number of nitrogens with two attached hydrogens (primary N) is 1. The second kappa shape index (κ2) is 4.43. The molecule has 0 aliphatic heterocycles. The van der Waals surface area contributed by atoms with Gasteiger partial charge in [0.1, 0.15) is 0 Å². The monoisotopic (exact) mass is 244 g/mol. The fourth-order valence-corrected chi connectivity index (χ4v) is 1.33. The van der Waals surface area contributed by atoms with Gasteiger partial charge in [0.2, 0.25) is 0 Å². The SMILES string of the molecule is N#Cc1cc(C(F)(F)F)c(C(=O)O)cc1CN. The number of halogens is 3. The van der Waals surface area contributed by atoms with E-state index in [2.05, 4.69) is 0 Å². The van der Waals surface area contributed by atoms with Crippen molar-refractivity contribution in [3.05, 3.63) is 34.4 Å². The number of benzene rings is 1. The van der Waals surface area contributed by atoms with Crippen molar-refractivity contribution in [2.24, 2.45) is 5.73 Å². The first kappa shape index (κ1) is 13.0. The van der Waals surface area contributed by atoms with Gasteiger partial charge in [-0.2, -0.15) is 18.4 Å². The Hall–Kier alpha value is -2.07. The first-order valence-electron chi connectivity index (χ1n) is 4.38. The normalized spacial score (nSPS) is 11.0. The van der Waals surface area contributed by atoms with Gasteiger partial charge in [-0.05, 0) is 17.7 Å². The Labute approximate surface area is 94.1 Å². The van der Waals surface area contributed by atoms with Gasteiger partial charge in [-0.25, -0.2) is 4.79 Å². The lowest BCUT2D eigenvalue weighted by atomic mass is 9.98. The predicted octanol–water partition coefficient (Wildman–Crippen LogP) is 1.73. The molecule has 0 aromatic heterocycles. The van der Waals surface area contributed by atoms with Crippen LogP contribution in [0.25, 0.3) is 0 Å². The summed E-state index contributed by atoms with van der Waals surface area (Å²) < 4.78 is 37.7. The van der Waals surface area contributed by atoms with Crippen molar-refractivity contribution in [2.75, 3.05) is 0 Å². The highest BCUT2D eigenvalue weighted by Crippen LogP contribution is 2.33. The minimum absolute atomic E-state index is 0.0675. The number of nitriles is 1. The predicted molar refractivity (Wildman–Crippen MR) is 51.0 cm³/mol. The first-order valence-corrected chi connectivity index (χ1v) is 4.38. The molecule has 1 aromatic carbocycles. The second-order valence-corrected chi connectivity index (χ2v) is 3.17. The zero-order valence-electron chi connectivity index (χ0n) is 8.38. The summed E-state index contributed by atoms with van der Waals surface area (Å²) in [7, 11) is 0. The summed E-state index contributed by atoms with van der Waals surface area (Å²) in [6, 6.07) is 2.84. The minimum Gasteiger partial charge on any atom is -0.478 e. The number of carbonyl (C=O) groups is 1.